The van der Waals surface area contributed by atoms with Crippen LogP contribution in [0.2, 0.25) is 0 Å². The van der Waals surface area contributed by atoms with Gasteiger partial charge in [0.2, 0.25) is 0 Å². The number of nitrogens with zero attached hydrogens (tertiary/aromatic N) is 2. The van der Waals surface area contributed by atoms with E-state index in [9.17, 15) is 14.9 Å². The van der Waals surface area contributed by atoms with Crippen molar-refractivity contribution in [1.82, 2.24) is 4.98 Å². The Hall–Kier alpha value is -2.41. The van der Waals surface area contributed by atoms with Gasteiger partial charge >= 0.3 is 5.97 Å². The van der Waals surface area contributed by atoms with Crippen LogP contribution in [0.25, 0.3) is 0 Å². The number of aromatic carboxylic acids is 1. The minimum atomic E-state index is -1.12. The molecule has 1 N–H and O–H groups in total. The topological polar surface area (TPSA) is 93.3 Å². The van der Waals surface area contributed by atoms with Crippen molar-refractivity contribution in [2.75, 3.05) is 0 Å². The molecule has 2 aromatic rings. The maximum absolute atomic E-state index is 11.1. The Kier molecular flexibility index (Phi) is 4.23. The van der Waals surface area contributed by atoms with Gasteiger partial charge in [0.1, 0.15) is 5.03 Å². The summed E-state index contributed by atoms with van der Waals surface area (Å²) in [6.07, 6.45) is 0. The van der Waals surface area contributed by atoms with Gasteiger partial charge in [-0.3, -0.25) is 10.1 Å². The highest BCUT2D eigenvalue weighted by molar-refractivity contribution is 7.99. The van der Waals surface area contributed by atoms with Crippen LogP contribution in [0, 0.1) is 24.0 Å². The van der Waals surface area contributed by atoms with Crippen molar-refractivity contribution in [1.29, 1.82) is 0 Å². The van der Waals surface area contributed by atoms with Crippen LogP contribution in [0.5, 0.6) is 0 Å². The van der Waals surface area contributed by atoms with Crippen LogP contribution in [-0.2, 0) is 0 Å². The molecule has 0 aliphatic carbocycles. The maximum atomic E-state index is 11.1. The molecule has 0 saturated heterocycles. The third-order valence-electron chi connectivity index (χ3n) is 2.69. The normalized spacial score (nSPS) is 10.4. The molecule has 0 atom stereocenters. The molecule has 0 radical (unpaired) electrons. The summed E-state index contributed by atoms with van der Waals surface area (Å²) in [5, 5.41) is 20.6. The quantitative estimate of drug-likeness (QED) is 0.686. The number of hydrogen-bond donors (Lipinski definition) is 1. The monoisotopic (exact) mass is 304 g/mol. The second-order valence-electron chi connectivity index (χ2n) is 4.47. The van der Waals surface area contributed by atoms with Gasteiger partial charge in [-0.1, -0.05) is 11.8 Å². The number of benzene rings is 1. The number of carboxylic acid groups (broad SMARTS) is 1. The largest absolute Gasteiger partial charge is 0.478 e. The number of carboxylic acids is 1. The van der Waals surface area contributed by atoms with Crippen LogP contribution >= 0.6 is 11.8 Å². The fourth-order valence-electron chi connectivity index (χ4n) is 1.85. The second-order valence-corrected chi connectivity index (χ2v) is 5.53. The summed E-state index contributed by atoms with van der Waals surface area (Å²) in [7, 11) is 0. The second kappa shape index (κ2) is 5.92. The molecule has 1 aromatic heterocycles. The fourth-order valence-corrected chi connectivity index (χ4v) is 2.94. The van der Waals surface area contributed by atoms with Gasteiger partial charge in [-0.05, 0) is 43.7 Å². The van der Waals surface area contributed by atoms with E-state index in [0.717, 1.165) is 23.0 Å². The van der Waals surface area contributed by atoms with E-state index in [1.54, 1.807) is 6.07 Å². The van der Waals surface area contributed by atoms with Gasteiger partial charge in [0, 0.05) is 11.8 Å². The summed E-state index contributed by atoms with van der Waals surface area (Å²) in [4.78, 5) is 26.1. The summed E-state index contributed by atoms with van der Waals surface area (Å²) in [6.45, 7) is 3.74. The molecule has 0 bridgehead atoms. The zero-order valence-electron chi connectivity index (χ0n) is 11.4. The lowest BCUT2D eigenvalue weighted by atomic mass is 10.2. The smallest absolute Gasteiger partial charge is 0.335 e. The number of pyridine rings is 1. The zero-order valence-corrected chi connectivity index (χ0v) is 12.2. The van der Waals surface area contributed by atoms with Crippen molar-refractivity contribution in [3.05, 3.63) is 57.3 Å². The van der Waals surface area contributed by atoms with Crippen LogP contribution < -0.4 is 0 Å². The summed E-state index contributed by atoms with van der Waals surface area (Å²) in [6, 6.07) is 7.42. The summed E-state index contributed by atoms with van der Waals surface area (Å²) < 4.78 is 0. The predicted octanol–water partition coefficient (Wildman–Crippen LogP) is 3.46. The predicted molar refractivity (Wildman–Crippen MR) is 77.9 cm³/mol. The molecule has 0 fully saturated rings. The van der Waals surface area contributed by atoms with E-state index in [1.165, 1.54) is 18.2 Å². The average Bonchev–Trinajstić information content (AvgIpc) is 2.36. The standard InChI is InChI=1S/C14H12N2O4S/c1-8-5-9(2)15-13(6-8)21-12-7-10(14(17)18)3-4-11(12)16(19)20/h3-7H,1-2H3,(H,17,18). The van der Waals surface area contributed by atoms with Crippen LogP contribution in [0.1, 0.15) is 21.6 Å². The van der Waals surface area contributed by atoms with Crippen LogP contribution in [0.4, 0.5) is 5.69 Å². The summed E-state index contributed by atoms with van der Waals surface area (Å²) in [5.41, 5.74) is 1.66. The minimum absolute atomic E-state index is 0.00692. The molecule has 1 aromatic carbocycles. The number of aromatic nitrogens is 1. The molecular weight excluding hydrogens is 292 g/mol. The number of rotatable bonds is 4. The molecule has 0 unspecified atom stereocenters. The van der Waals surface area contributed by atoms with Crippen molar-refractivity contribution >= 4 is 23.4 Å². The van der Waals surface area contributed by atoms with Gasteiger partial charge in [0.05, 0.1) is 15.4 Å². The number of nitro benzene ring substituents is 1. The Labute approximate surface area is 125 Å². The molecule has 0 amide bonds. The fraction of sp³-hybridized carbons (Fsp3) is 0.143. The van der Waals surface area contributed by atoms with Crippen molar-refractivity contribution < 1.29 is 14.8 Å². The Bertz CT molecular complexity index is 711. The van der Waals surface area contributed by atoms with E-state index < -0.39 is 10.9 Å². The first-order valence-electron chi connectivity index (χ1n) is 6.01. The molecule has 2 rings (SSSR count). The first-order valence-corrected chi connectivity index (χ1v) is 6.83. The van der Waals surface area contributed by atoms with Crippen molar-refractivity contribution in [3.8, 4) is 0 Å². The first kappa shape index (κ1) is 15.0. The highest BCUT2D eigenvalue weighted by Gasteiger charge is 2.18. The lowest BCUT2D eigenvalue weighted by molar-refractivity contribution is -0.387. The average molecular weight is 304 g/mol. The van der Waals surface area contributed by atoms with E-state index in [0.29, 0.717) is 5.03 Å². The van der Waals surface area contributed by atoms with Gasteiger partial charge < -0.3 is 5.11 Å². The summed E-state index contributed by atoms with van der Waals surface area (Å²) >= 11 is 1.09. The van der Waals surface area contributed by atoms with E-state index in [-0.39, 0.29) is 16.1 Å². The molecular formula is C14H12N2O4S. The van der Waals surface area contributed by atoms with Gasteiger partial charge in [-0.25, -0.2) is 9.78 Å². The molecule has 6 nitrogen and oxygen atoms in total. The molecule has 0 saturated carbocycles. The Balaban J connectivity index is 2.47. The maximum Gasteiger partial charge on any atom is 0.335 e. The molecule has 1 heterocycles. The van der Waals surface area contributed by atoms with Crippen molar-refractivity contribution in [3.63, 3.8) is 0 Å². The molecule has 7 heteroatoms. The molecule has 108 valence electrons. The van der Waals surface area contributed by atoms with Gasteiger partial charge in [-0.15, -0.1) is 0 Å². The lowest BCUT2D eigenvalue weighted by Gasteiger charge is -2.06. The third kappa shape index (κ3) is 3.57. The van der Waals surface area contributed by atoms with Gasteiger partial charge in [0.25, 0.3) is 5.69 Å². The van der Waals surface area contributed by atoms with Crippen molar-refractivity contribution in [2.45, 2.75) is 23.8 Å². The number of hydrogen-bond acceptors (Lipinski definition) is 5. The van der Waals surface area contributed by atoms with Crippen LogP contribution in [-0.4, -0.2) is 21.0 Å². The zero-order chi connectivity index (χ0) is 15.6. The minimum Gasteiger partial charge on any atom is -0.478 e. The molecule has 0 aliphatic heterocycles. The van der Waals surface area contributed by atoms with E-state index in [4.69, 9.17) is 5.11 Å². The number of aryl methyl sites for hydroxylation is 2. The van der Waals surface area contributed by atoms with Crippen LogP contribution in [0.3, 0.4) is 0 Å². The SMILES string of the molecule is Cc1cc(C)nc(Sc2cc(C(=O)O)ccc2[N+](=O)[O-])c1. The van der Waals surface area contributed by atoms with E-state index in [1.807, 2.05) is 19.9 Å². The van der Waals surface area contributed by atoms with Gasteiger partial charge in [0.15, 0.2) is 0 Å². The molecule has 21 heavy (non-hydrogen) atoms. The molecule has 0 spiro atoms. The van der Waals surface area contributed by atoms with Crippen LogP contribution in [0.15, 0.2) is 40.3 Å². The van der Waals surface area contributed by atoms with Gasteiger partial charge in [-0.2, -0.15) is 0 Å². The molecule has 0 aliphatic rings. The number of carbonyl (C=O) groups is 1. The summed E-state index contributed by atoms with van der Waals surface area (Å²) in [5.74, 6) is -1.12. The highest BCUT2D eigenvalue weighted by Crippen LogP contribution is 2.35. The van der Waals surface area contributed by atoms with E-state index >= 15 is 0 Å². The number of nitro groups is 1. The third-order valence-corrected chi connectivity index (χ3v) is 3.66. The Morgan fingerprint density at radius 1 is 1.29 bits per heavy atom. The Morgan fingerprint density at radius 2 is 2.00 bits per heavy atom. The van der Waals surface area contributed by atoms with Crippen molar-refractivity contribution in [2.24, 2.45) is 0 Å². The Morgan fingerprint density at radius 3 is 2.57 bits per heavy atom. The first-order chi connectivity index (χ1) is 9.86. The van der Waals surface area contributed by atoms with E-state index in [2.05, 4.69) is 4.98 Å². The highest BCUT2D eigenvalue weighted by atomic mass is 32.2. The lowest BCUT2D eigenvalue weighted by Crippen LogP contribution is -1.99.